The summed E-state index contributed by atoms with van der Waals surface area (Å²) < 4.78 is 0. The molecule has 5 heteroatoms. The first-order chi connectivity index (χ1) is 6.87. The van der Waals surface area contributed by atoms with Crippen LogP contribution in [0.3, 0.4) is 0 Å². The van der Waals surface area contributed by atoms with Crippen LogP contribution < -0.4 is 11.1 Å². The Hall–Kier alpha value is -0.940. The fourth-order valence-electron chi connectivity index (χ4n) is 1.13. The maximum absolute atomic E-state index is 11.4. The van der Waals surface area contributed by atoms with Gasteiger partial charge in [-0.3, -0.25) is 4.79 Å². The summed E-state index contributed by atoms with van der Waals surface area (Å²) in [5.74, 6) is -0.0321. The lowest BCUT2D eigenvalue weighted by Gasteiger charge is -2.17. The molecule has 0 atom stereocenters. The average Bonchev–Trinajstić information content (AvgIpc) is 2.45. The van der Waals surface area contributed by atoms with Crippen molar-refractivity contribution in [3.8, 4) is 0 Å². The van der Waals surface area contributed by atoms with Crippen LogP contribution in [0.1, 0.15) is 30.2 Å². The van der Waals surface area contributed by atoms with E-state index in [1.54, 1.807) is 17.5 Å². The Morgan fingerprint density at radius 2 is 2.33 bits per heavy atom. The predicted octanol–water partition coefficient (Wildman–Crippen LogP) is 1.20. The second-order valence-corrected chi connectivity index (χ2v) is 5.63. The van der Waals surface area contributed by atoms with Crippen molar-refractivity contribution in [2.45, 2.75) is 39.3 Å². The van der Waals surface area contributed by atoms with Crippen LogP contribution in [0.4, 0.5) is 0 Å². The summed E-state index contributed by atoms with van der Waals surface area (Å²) in [6.45, 7) is 6.15. The molecule has 3 N–H and O–H groups in total. The molecule has 15 heavy (non-hydrogen) atoms. The lowest BCUT2D eigenvalue weighted by molar-refractivity contribution is -0.122. The van der Waals surface area contributed by atoms with Crippen molar-refractivity contribution in [3.63, 3.8) is 0 Å². The summed E-state index contributed by atoms with van der Waals surface area (Å²) in [6.07, 6.45) is 2.14. The van der Waals surface area contributed by atoms with Crippen molar-refractivity contribution in [2.24, 2.45) is 5.73 Å². The Balaban J connectivity index is 2.35. The van der Waals surface area contributed by atoms with E-state index in [9.17, 15) is 4.79 Å². The Morgan fingerprint density at radius 3 is 2.80 bits per heavy atom. The lowest BCUT2D eigenvalue weighted by Crippen LogP contribution is -2.38. The van der Waals surface area contributed by atoms with Gasteiger partial charge in [-0.25, -0.2) is 4.98 Å². The first kappa shape index (κ1) is 12.1. The summed E-state index contributed by atoms with van der Waals surface area (Å²) in [5, 5.41) is 3.72. The summed E-state index contributed by atoms with van der Waals surface area (Å²) in [7, 11) is 0. The monoisotopic (exact) mass is 227 g/mol. The number of carbonyl (C=O) groups is 1. The zero-order valence-electron chi connectivity index (χ0n) is 9.33. The van der Waals surface area contributed by atoms with Gasteiger partial charge in [0, 0.05) is 23.0 Å². The van der Waals surface area contributed by atoms with Crippen LogP contribution in [0.5, 0.6) is 0 Å². The number of thiazole rings is 1. The SMILES string of the molecule is Cc1cnc(CNC(=O)CC(C)(C)N)s1. The molecule has 0 fully saturated rings. The van der Waals surface area contributed by atoms with Gasteiger partial charge in [-0.2, -0.15) is 0 Å². The number of nitrogens with one attached hydrogen (secondary N) is 1. The van der Waals surface area contributed by atoms with E-state index in [0.29, 0.717) is 13.0 Å². The Bertz CT molecular complexity index is 341. The zero-order chi connectivity index (χ0) is 11.5. The quantitative estimate of drug-likeness (QED) is 0.812. The van der Waals surface area contributed by atoms with E-state index in [1.165, 1.54) is 0 Å². The zero-order valence-corrected chi connectivity index (χ0v) is 10.1. The minimum absolute atomic E-state index is 0.0321. The molecule has 4 nitrogen and oxygen atoms in total. The van der Waals surface area contributed by atoms with Gasteiger partial charge < -0.3 is 11.1 Å². The van der Waals surface area contributed by atoms with Gasteiger partial charge in [-0.05, 0) is 20.8 Å². The van der Waals surface area contributed by atoms with Gasteiger partial charge >= 0.3 is 0 Å². The van der Waals surface area contributed by atoms with Crippen molar-refractivity contribution in [3.05, 3.63) is 16.1 Å². The molecule has 0 saturated carbocycles. The molecule has 0 radical (unpaired) electrons. The van der Waals surface area contributed by atoms with Gasteiger partial charge in [0.15, 0.2) is 0 Å². The van der Waals surface area contributed by atoms with Crippen LogP contribution in [0.25, 0.3) is 0 Å². The van der Waals surface area contributed by atoms with Crippen molar-refractivity contribution >= 4 is 17.2 Å². The molecule has 0 spiro atoms. The van der Waals surface area contributed by atoms with Gasteiger partial charge in [0.05, 0.1) is 6.54 Å². The molecule has 0 bridgehead atoms. The Kier molecular flexibility index (Phi) is 3.82. The van der Waals surface area contributed by atoms with E-state index in [1.807, 2.05) is 20.8 Å². The van der Waals surface area contributed by atoms with Gasteiger partial charge in [-0.15, -0.1) is 11.3 Å². The maximum Gasteiger partial charge on any atom is 0.222 e. The van der Waals surface area contributed by atoms with Crippen LogP contribution in [0, 0.1) is 6.92 Å². The highest BCUT2D eigenvalue weighted by Gasteiger charge is 2.16. The van der Waals surface area contributed by atoms with E-state index < -0.39 is 5.54 Å². The Morgan fingerprint density at radius 1 is 1.67 bits per heavy atom. The fraction of sp³-hybridized carbons (Fsp3) is 0.600. The third kappa shape index (κ3) is 4.90. The van der Waals surface area contributed by atoms with Crippen LogP contribution in [0.15, 0.2) is 6.20 Å². The van der Waals surface area contributed by atoms with Crippen LogP contribution in [-0.4, -0.2) is 16.4 Å². The molecule has 1 aromatic rings. The minimum atomic E-state index is -0.455. The standard InChI is InChI=1S/C10H17N3OS/c1-7-5-13-9(15-7)6-12-8(14)4-10(2,3)11/h5H,4,6,11H2,1-3H3,(H,12,14). The fourth-order valence-corrected chi connectivity index (χ4v) is 1.86. The van der Waals surface area contributed by atoms with E-state index >= 15 is 0 Å². The minimum Gasteiger partial charge on any atom is -0.350 e. The molecule has 1 amide bonds. The molecular formula is C10H17N3OS. The third-order valence-corrected chi connectivity index (χ3v) is 2.63. The predicted molar refractivity (Wildman–Crippen MR) is 61.6 cm³/mol. The van der Waals surface area contributed by atoms with Crippen LogP contribution >= 0.6 is 11.3 Å². The molecule has 0 unspecified atom stereocenters. The Labute approximate surface area is 93.9 Å². The summed E-state index contributed by atoms with van der Waals surface area (Å²) in [5.41, 5.74) is 5.28. The van der Waals surface area contributed by atoms with Gasteiger partial charge in [-0.1, -0.05) is 0 Å². The first-order valence-electron chi connectivity index (χ1n) is 4.84. The molecule has 0 aliphatic carbocycles. The number of rotatable bonds is 4. The van der Waals surface area contributed by atoms with E-state index in [4.69, 9.17) is 5.73 Å². The molecule has 1 rings (SSSR count). The smallest absolute Gasteiger partial charge is 0.222 e. The van der Waals surface area contributed by atoms with Gasteiger partial charge in [0.2, 0.25) is 5.91 Å². The second-order valence-electron chi connectivity index (χ2n) is 4.31. The number of amides is 1. The molecular weight excluding hydrogens is 210 g/mol. The highest BCUT2D eigenvalue weighted by Crippen LogP contribution is 2.10. The number of aromatic nitrogens is 1. The maximum atomic E-state index is 11.4. The topological polar surface area (TPSA) is 68.0 Å². The number of nitrogens with two attached hydrogens (primary N) is 1. The number of hydrogen-bond donors (Lipinski definition) is 2. The lowest BCUT2D eigenvalue weighted by atomic mass is 10.0. The van der Waals surface area contributed by atoms with Crippen LogP contribution in [-0.2, 0) is 11.3 Å². The van der Waals surface area contributed by atoms with Gasteiger partial charge in [0.25, 0.3) is 0 Å². The highest BCUT2D eigenvalue weighted by atomic mass is 32.1. The van der Waals surface area contributed by atoms with E-state index in [-0.39, 0.29) is 5.91 Å². The number of nitrogens with zero attached hydrogens (tertiary/aromatic N) is 1. The van der Waals surface area contributed by atoms with Crippen molar-refractivity contribution in [2.75, 3.05) is 0 Å². The highest BCUT2D eigenvalue weighted by molar-refractivity contribution is 7.11. The molecule has 0 aromatic carbocycles. The second kappa shape index (κ2) is 4.72. The first-order valence-corrected chi connectivity index (χ1v) is 5.65. The van der Waals surface area contributed by atoms with E-state index in [2.05, 4.69) is 10.3 Å². The molecule has 0 aliphatic rings. The molecule has 0 saturated heterocycles. The van der Waals surface area contributed by atoms with Crippen molar-refractivity contribution in [1.82, 2.24) is 10.3 Å². The molecule has 84 valence electrons. The number of aryl methyl sites for hydroxylation is 1. The van der Waals surface area contributed by atoms with Crippen molar-refractivity contribution < 1.29 is 4.79 Å². The number of hydrogen-bond acceptors (Lipinski definition) is 4. The molecule has 0 aliphatic heterocycles. The summed E-state index contributed by atoms with van der Waals surface area (Å²) in [6, 6.07) is 0. The normalized spacial score (nSPS) is 11.5. The molecule has 1 heterocycles. The summed E-state index contributed by atoms with van der Waals surface area (Å²) in [4.78, 5) is 16.7. The number of carbonyl (C=O) groups excluding carboxylic acids is 1. The third-order valence-electron chi connectivity index (χ3n) is 1.72. The van der Waals surface area contributed by atoms with E-state index in [0.717, 1.165) is 9.88 Å². The van der Waals surface area contributed by atoms with Crippen molar-refractivity contribution in [1.29, 1.82) is 0 Å². The van der Waals surface area contributed by atoms with Gasteiger partial charge in [0.1, 0.15) is 5.01 Å². The van der Waals surface area contributed by atoms with Crippen LogP contribution in [0.2, 0.25) is 0 Å². The largest absolute Gasteiger partial charge is 0.350 e. The average molecular weight is 227 g/mol. The summed E-state index contributed by atoms with van der Waals surface area (Å²) >= 11 is 1.59. The molecule has 1 aromatic heterocycles.